The van der Waals surface area contributed by atoms with Gasteiger partial charge in [0.1, 0.15) is 0 Å². The minimum Gasteiger partial charge on any atom is -0.465 e. The maximum Gasteiger partial charge on any atom is 0.312 e. The quantitative estimate of drug-likeness (QED) is 0.431. The van der Waals surface area contributed by atoms with Crippen LogP contribution >= 0.6 is 0 Å². The van der Waals surface area contributed by atoms with Crippen LogP contribution in [-0.2, 0) is 9.53 Å². The molecule has 0 saturated heterocycles. The van der Waals surface area contributed by atoms with Crippen molar-refractivity contribution >= 4 is 5.97 Å². The fourth-order valence-corrected chi connectivity index (χ4v) is 7.16. The van der Waals surface area contributed by atoms with Crippen molar-refractivity contribution in [3.8, 4) is 0 Å². The van der Waals surface area contributed by atoms with Crippen LogP contribution in [0.3, 0.4) is 0 Å². The van der Waals surface area contributed by atoms with E-state index in [1.54, 1.807) is 0 Å². The van der Waals surface area contributed by atoms with Gasteiger partial charge in [-0.3, -0.25) is 4.79 Å². The summed E-state index contributed by atoms with van der Waals surface area (Å²) in [4.78, 5) is 13.4. The van der Waals surface area contributed by atoms with E-state index in [9.17, 15) is 4.79 Å². The van der Waals surface area contributed by atoms with Gasteiger partial charge in [-0.15, -0.1) is 0 Å². The molecule has 0 amide bonds. The average Bonchev–Trinajstić information content (AvgIpc) is 2.73. The summed E-state index contributed by atoms with van der Waals surface area (Å²) in [7, 11) is 0. The van der Waals surface area contributed by atoms with Crippen LogP contribution in [0.5, 0.6) is 0 Å². The van der Waals surface area contributed by atoms with Gasteiger partial charge < -0.3 is 4.74 Å². The van der Waals surface area contributed by atoms with Gasteiger partial charge in [0.05, 0.1) is 12.0 Å². The van der Waals surface area contributed by atoms with Crippen LogP contribution in [0.4, 0.5) is 0 Å². The van der Waals surface area contributed by atoms with E-state index in [0.717, 1.165) is 31.1 Å². The van der Waals surface area contributed by atoms with Gasteiger partial charge in [0.15, 0.2) is 0 Å². The van der Waals surface area contributed by atoms with Gasteiger partial charge in [0.25, 0.3) is 0 Å². The van der Waals surface area contributed by atoms with E-state index in [4.69, 9.17) is 4.74 Å². The molecule has 156 valence electrons. The van der Waals surface area contributed by atoms with Crippen LogP contribution in [0.1, 0.15) is 123 Å². The highest BCUT2D eigenvalue weighted by atomic mass is 16.5. The first kappa shape index (κ1) is 21.2. The van der Waals surface area contributed by atoms with Crippen molar-refractivity contribution in [1.82, 2.24) is 0 Å². The second kappa shape index (κ2) is 9.79. The molecular weight excluding hydrogens is 332 g/mol. The molecule has 0 unspecified atom stereocenters. The van der Waals surface area contributed by atoms with E-state index in [2.05, 4.69) is 13.8 Å². The van der Waals surface area contributed by atoms with Crippen LogP contribution in [0.2, 0.25) is 0 Å². The summed E-state index contributed by atoms with van der Waals surface area (Å²) in [6.45, 7) is 5.04. The molecule has 27 heavy (non-hydrogen) atoms. The molecule has 3 aliphatic carbocycles. The van der Waals surface area contributed by atoms with Gasteiger partial charge in [-0.25, -0.2) is 0 Å². The minimum absolute atomic E-state index is 0.173. The zero-order chi connectivity index (χ0) is 19.2. The molecule has 3 rings (SSSR count). The molecule has 3 aliphatic rings. The van der Waals surface area contributed by atoms with Crippen molar-refractivity contribution < 1.29 is 9.53 Å². The molecule has 0 aromatic rings. The maximum absolute atomic E-state index is 13.4. The number of hydrogen-bond donors (Lipinski definition) is 0. The van der Waals surface area contributed by atoms with E-state index >= 15 is 0 Å². The number of carbonyl (C=O) groups excluding carboxylic acids is 1. The predicted molar refractivity (Wildman–Crippen MR) is 113 cm³/mol. The molecule has 0 bridgehead atoms. The molecule has 0 atom stereocenters. The van der Waals surface area contributed by atoms with Crippen molar-refractivity contribution in [2.24, 2.45) is 22.7 Å². The van der Waals surface area contributed by atoms with E-state index in [1.165, 1.54) is 89.9 Å². The third-order valence-corrected chi connectivity index (χ3v) is 8.58. The molecule has 0 aromatic carbocycles. The first-order valence-corrected chi connectivity index (χ1v) is 12.3. The number of hydrogen-bond acceptors (Lipinski definition) is 2. The molecule has 0 aromatic heterocycles. The second-order valence-corrected chi connectivity index (χ2v) is 10.0. The lowest BCUT2D eigenvalue weighted by Gasteiger charge is -2.55. The van der Waals surface area contributed by atoms with E-state index in [1.807, 2.05) is 0 Å². The maximum atomic E-state index is 13.4. The highest BCUT2D eigenvalue weighted by Crippen LogP contribution is 2.61. The van der Waals surface area contributed by atoms with Gasteiger partial charge in [0, 0.05) is 0 Å². The second-order valence-electron chi connectivity index (χ2n) is 10.0. The Balaban J connectivity index is 1.77. The van der Waals surface area contributed by atoms with Gasteiger partial charge in [-0.05, 0) is 68.6 Å². The minimum atomic E-state index is -0.173. The Morgan fingerprint density at radius 2 is 1.37 bits per heavy atom. The van der Waals surface area contributed by atoms with Crippen LogP contribution in [-0.4, -0.2) is 12.6 Å². The van der Waals surface area contributed by atoms with Gasteiger partial charge in [0.2, 0.25) is 0 Å². The first-order valence-electron chi connectivity index (χ1n) is 12.3. The van der Waals surface area contributed by atoms with Crippen molar-refractivity contribution in [3.05, 3.63) is 0 Å². The van der Waals surface area contributed by atoms with E-state index in [-0.39, 0.29) is 16.8 Å². The van der Waals surface area contributed by atoms with Crippen molar-refractivity contribution in [2.45, 2.75) is 123 Å². The Labute approximate surface area is 168 Å². The Kier molecular flexibility index (Phi) is 7.68. The topological polar surface area (TPSA) is 26.3 Å². The molecule has 3 saturated carbocycles. The van der Waals surface area contributed by atoms with Gasteiger partial charge in [-0.2, -0.15) is 0 Å². The monoisotopic (exact) mass is 376 g/mol. The first-order chi connectivity index (χ1) is 13.2. The summed E-state index contributed by atoms with van der Waals surface area (Å²) in [6.07, 6.45) is 21.9. The predicted octanol–water partition coefficient (Wildman–Crippen LogP) is 7.45. The number of rotatable bonds is 7. The summed E-state index contributed by atoms with van der Waals surface area (Å²) in [6, 6.07) is 0. The Morgan fingerprint density at radius 1 is 0.778 bits per heavy atom. The Hall–Kier alpha value is -0.530. The van der Waals surface area contributed by atoms with E-state index in [0.29, 0.717) is 6.61 Å². The smallest absolute Gasteiger partial charge is 0.312 e. The largest absolute Gasteiger partial charge is 0.465 e. The average molecular weight is 377 g/mol. The molecular formula is C25H44O2. The Morgan fingerprint density at radius 3 is 1.96 bits per heavy atom. The Bertz CT molecular complexity index is 449. The molecule has 2 heteroatoms. The number of carbonyl (C=O) groups is 1. The highest BCUT2D eigenvalue weighted by molar-refractivity contribution is 5.78. The standard InChI is InChI=1S/C25H44O2/c1-3-15-24(18-13-22(14-19-24)21-11-7-5-8-12-21)25(16-9-6-10-17-25)23(26)27-20-4-2/h21-22H,3-20H2,1-2H3/t22-,24+. The molecule has 3 fully saturated rings. The molecule has 0 radical (unpaired) electrons. The molecule has 2 nitrogen and oxygen atoms in total. The molecule has 0 N–H and O–H groups in total. The summed E-state index contributed by atoms with van der Waals surface area (Å²) >= 11 is 0. The number of esters is 1. The fourth-order valence-electron chi connectivity index (χ4n) is 7.16. The van der Waals surface area contributed by atoms with Gasteiger partial charge >= 0.3 is 5.97 Å². The van der Waals surface area contributed by atoms with Crippen LogP contribution < -0.4 is 0 Å². The molecule has 0 spiro atoms. The molecule has 0 heterocycles. The van der Waals surface area contributed by atoms with Crippen molar-refractivity contribution in [1.29, 1.82) is 0 Å². The lowest BCUT2D eigenvalue weighted by Crippen LogP contribution is -2.52. The van der Waals surface area contributed by atoms with Crippen LogP contribution in [0.25, 0.3) is 0 Å². The van der Waals surface area contributed by atoms with Crippen molar-refractivity contribution in [2.75, 3.05) is 6.61 Å². The third-order valence-electron chi connectivity index (χ3n) is 8.58. The normalized spacial score (nSPS) is 32.1. The SMILES string of the molecule is CCCOC(=O)C1([C@]2(CCC)CC[C@H](C3CCCCC3)CC2)CCCCC1. The summed E-state index contributed by atoms with van der Waals surface area (Å²) in [5.74, 6) is 2.09. The highest BCUT2D eigenvalue weighted by Gasteiger charge is 2.57. The van der Waals surface area contributed by atoms with Crippen LogP contribution in [0, 0.1) is 22.7 Å². The lowest BCUT2D eigenvalue weighted by atomic mass is 9.49. The fraction of sp³-hybridized carbons (Fsp3) is 0.960. The lowest BCUT2D eigenvalue weighted by molar-refractivity contribution is -0.175. The van der Waals surface area contributed by atoms with E-state index < -0.39 is 0 Å². The van der Waals surface area contributed by atoms with Gasteiger partial charge in [-0.1, -0.05) is 71.6 Å². The third kappa shape index (κ3) is 4.40. The summed E-state index contributed by atoms with van der Waals surface area (Å²) in [5, 5.41) is 0. The number of ether oxygens (including phenoxy) is 1. The summed E-state index contributed by atoms with van der Waals surface area (Å²) in [5.41, 5.74) is 0.0477. The zero-order valence-corrected chi connectivity index (χ0v) is 18.2. The molecule has 0 aliphatic heterocycles. The van der Waals surface area contributed by atoms with Crippen molar-refractivity contribution in [3.63, 3.8) is 0 Å². The summed E-state index contributed by atoms with van der Waals surface area (Å²) < 4.78 is 5.86. The zero-order valence-electron chi connectivity index (χ0n) is 18.2. The van der Waals surface area contributed by atoms with Crippen LogP contribution in [0.15, 0.2) is 0 Å².